The molecule has 0 fully saturated rings. The van der Waals surface area contributed by atoms with Crippen molar-refractivity contribution in [3.05, 3.63) is 0 Å². The number of hydrogen-bond donors (Lipinski definition) is 4. The van der Waals surface area contributed by atoms with Gasteiger partial charge in [0.25, 0.3) is 0 Å². The molecule has 4 N–H and O–H groups in total. The molecule has 0 bridgehead atoms. The second-order valence-electron chi connectivity index (χ2n) is 5.91. The molecule has 5 nitrogen and oxygen atoms in total. The molecule has 0 aromatic rings. The van der Waals surface area contributed by atoms with Gasteiger partial charge >= 0.3 is 0 Å². The number of rotatable bonds is 10. The third kappa shape index (κ3) is 4.68. The number of nitrogens with zero attached hydrogens (tertiary/aromatic N) is 1. The average Bonchev–Trinajstić information content (AvgIpc) is 2.32. The molecule has 2 atom stereocenters. The van der Waals surface area contributed by atoms with Crippen LogP contribution in [0.3, 0.4) is 0 Å². The second kappa shape index (κ2) is 8.87. The first-order valence-electron chi connectivity index (χ1n) is 7.38. The van der Waals surface area contributed by atoms with Crippen molar-refractivity contribution in [1.82, 2.24) is 10.5 Å². The molecule has 0 aliphatic heterocycles. The Labute approximate surface area is 117 Å². The SMILES string of the molecule is CCCCC(C(C)C)C(NCCO)(C(C)C)N(O)O. The van der Waals surface area contributed by atoms with Crippen molar-refractivity contribution < 1.29 is 15.5 Å². The van der Waals surface area contributed by atoms with Gasteiger partial charge in [0, 0.05) is 6.54 Å². The number of hydrogen-bond acceptors (Lipinski definition) is 5. The highest BCUT2D eigenvalue weighted by Crippen LogP contribution is 2.36. The van der Waals surface area contributed by atoms with Crippen LogP contribution in [0.1, 0.15) is 53.9 Å². The zero-order valence-corrected chi connectivity index (χ0v) is 13.1. The van der Waals surface area contributed by atoms with Gasteiger partial charge in [0.15, 0.2) is 0 Å². The van der Waals surface area contributed by atoms with Crippen molar-refractivity contribution in [3.63, 3.8) is 0 Å². The van der Waals surface area contributed by atoms with Crippen molar-refractivity contribution >= 4 is 0 Å². The Morgan fingerprint density at radius 2 is 1.74 bits per heavy atom. The van der Waals surface area contributed by atoms with Crippen molar-refractivity contribution in [2.45, 2.75) is 59.5 Å². The predicted molar refractivity (Wildman–Crippen MR) is 75.9 cm³/mol. The Kier molecular flexibility index (Phi) is 8.78. The van der Waals surface area contributed by atoms with Gasteiger partial charge < -0.3 is 5.11 Å². The van der Waals surface area contributed by atoms with Crippen molar-refractivity contribution in [3.8, 4) is 0 Å². The minimum Gasteiger partial charge on any atom is -0.395 e. The Morgan fingerprint density at radius 1 is 1.16 bits per heavy atom. The maximum Gasteiger partial charge on any atom is 0.128 e. The first-order chi connectivity index (χ1) is 8.84. The smallest absolute Gasteiger partial charge is 0.128 e. The highest BCUT2D eigenvalue weighted by atomic mass is 16.8. The lowest BCUT2D eigenvalue weighted by Crippen LogP contribution is -2.66. The van der Waals surface area contributed by atoms with E-state index in [1.54, 1.807) is 0 Å². The number of aliphatic hydroxyl groups excluding tert-OH is 1. The van der Waals surface area contributed by atoms with Gasteiger partial charge in [-0.15, -0.1) is 0 Å². The van der Waals surface area contributed by atoms with Crippen molar-refractivity contribution in [2.24, 2.45) is 17.8 Å². The summed E-state index contributed by atoms with van der Waals surface area (Å²) in [7, 11) is 0. The standard InChI is InChI=1S/C14H32N2O3/c1-6-7-8-13(11(2)3)14(12(4)5,16(18)19)15-9-10-17/h11-13,15,17-19H,6-10H2,1-5H3. The summed E-state index contributed by atoms with van der Waals surface area (Å²) in [6.07, 6.45) is 3.04. The Hall–Kier alpha value is -0.200. The van der Waals surface area contributed by atoms with E-state index in [9.17, 15) is 10.4 Å². The molecule has 0 radical (unpaired) electrons. The molecule has 0 heterocycles. The molecule has 0 aromatic heterocycles. The van der Waals surface area contributed by atoms with Crippen molar-refractivity contribution in [1.29, 1.82) is 0 Å². The minimum atomic E-state index is -0.925. The van der Waals surface area contributed by atoms with E-state index in [0.717, 1.165) is 19.3 Å². The topological polar surface area (TPSA) is 76.0 Å². The van der Waals surface area contributed by atoms with Crippen LogP contribution in [0.2, 0.25) is 0 Å². The van der Waals surface area contributed by atoms with Crippen LogP contribution in [0.5, 0.6) is 0 Å². The van der Waals surface area contributed by atoms with Crippen LogP contribution in [0.15, 0.2) is 0 Å². The van der Waals surface area contributed by atoms with Crippen LogP contribution in [0.25, 0.3) is 0 Å². The van der Waals surface area contributed by atoms with Gasteiger partial charge in [0.2, 0.25) is 0 Å². The van der Waals surface area contributed by atoms with E-state index in [-0.39, 0.29) is 18.4 Å². The normalized spacial score (nSPS) is 17.2. The lowest BCUT2D eigenvalue weighted by atomic mass is 9.74. The van der Waals surface area contributed by atoms with E-state index in [2.05, 4.69) is 26.1 Å². The van der Waals surface area contributed by atoms with Gasteiger partial charge in [-0.3, -0.25) is 15.7 Å². The minimum absolute atomic E-state index is 0.00157. The molecule has 116 valence electrons. The van der Waals surface area contributed by atoms with Crippen LogP contribution >= 0.6 is 0 Å². The molecule has 0 saturated carbocycles. The Bertz CT molecular complexity index is 225. The summed E-state index contributed by atoms with van der Waals surface area (Å²) >= 11 is 0. The van der Waals surface area contributed by atoms with Crippen LogP contribution in [-0.4, -0.2) is 39.6 Å². The maximum atomic E-state index is 9.82. The summed E-state index contributed by atoms with van der Waals surface area (Å²) in [5.41, 5.74) is -0.925. The zero-order valence-electron chi connectivity index (χ0n) is 13.1. The number of hydroxylamine groups is 2. The van der Waals surface area contributed by atoms with E-state index in [0.29, 0.717) is 17.7 Å². The fraction of sp³-hybridized carbons (Fsp3) is 1.00. The van der Waals surface area contributed by atoms with Crippen LogP contribution in [0.4, 0.5) is 0 Å². The third-order valence-corrected chi connectivity index (χ3v) is 3.97. The number of unbranched alkanes of at least 4 members (excludes halogenated alkanes) is 1. The molecule has 0 aromatic carbocycles. The molecule has 0 aliphatic rings. The van der Waals surface area contributed by atoms with Gasteiger partial charge in [-0.25, -0.2) is 0 Å². The predicted octanol–water partition coefficient (Wildman–Crippen LogP) is 2.46. The Balaban J connectivity index is 5.33. The summed E-state index contributed by atoms with van der Waals surface area (Å²) in [5.74, 6) is 0.397. The lowest BCUT2D eigenvalue weighted by Gasteiger charge is -2.48. The number of nitrogens with one attached hydrogen (secondary N) is 1. The second-order valence-corrected chi connectivity index (χ2v) is 5.91. The molecule has 0 rings (SSSR count). The molecule has 0 saturated heterocycles. The molecule has 0 amide bonds. The van der Waals surface area contributed by atoms with E-state index in [1.807, 2.05) is 13.8 Å². The lowest BCUT2D eigenvalue weighted by molar-refractivity contribution is -0.393. The van der Waals surface area contributed by atoms with Crippen molar-refractivity contribution in [2.75, 3.05) is 13.2 Å². The Morgan fingerprint density at radius 3 is 2.05 bits per heavy atom. The van der Waals surface area contributed by atoms with Gasteiger partial charge in [0.1, 0.15) is 5.66 Å². The van der Waals surface area contributed by atoms with Gasteiger partial charge in [-0.05, 0) is 29.4 Å². The average molecular weight is 276 g/mol. The highest BCUT2D eigenvalue weighted by Gasteiger charge is 2.47. The van der Waals surface area contributed by atoms with E-state index >= 15 is 0 Å². The van der Waals surface area contributed by atoms with Gasteiger partial charge in [0.05, 0.1) is 6.61 Å². The van der Waals surface area contributed by atoms with E-state index in [4.69, 9.17) is 5.11 Å². The molecule has 0 aliphatic carbocycles. The highest BCUT2D eigenvalue weighted by molar-refractivity contribution is 4.93. The van der Waals surface area contributed by atoms with Crippen LogP contribution in [0, 0.1) is 17.8 Å². The largest absolute Gasteiger partial charge is 0.395 e. The first-order valence-corrected chi connectivity index (χ1v) is 7.38. The summed E-state index contributed by atoms with van der Waals surface area (Å²) in [6, 6.07) is 0. The van der Waals surface area contributed by atoms with E-state index in [1.165, 1.54) is 0 Å². The summed E-state index contributed by atoms with van der Waals surface area (Å²) in [5, 5.41) is 32.2. The molecule has 0 spiro atoms. The maximum absolute atomic E-state index is 9.82. The van der Waals surface area contributed by atoms with Crippen LogP contribution in [-0.2, 0) is 0 Å². The molecule has 19 heavy (non-hydrogen) atoms. The number of aliphatic hydroxyl groups is 1. The quantitative estimate of drug-likeness (QED) is 0.364. The monoisotopic (exact) mass is 276 g/mol. The van der Waals surface area contributed by atoms with E-state index < -0.39 is 5.66 Å². The van der Waals surface area contributed by atoms with Gasteiger partial charge in [-0.2, -0.15) is 0 Å². The third-order valence-electron chi connectivity index (χ3n) is 3.97. The molecular weight excluding hydrogens is 244 g/mol. The fourth-order valence-electron chi connectivity index (χ4n) is 2.96. The van der Waals surface area contributed by atoms with Gasteiger partial charge in [-0.1, -0.05) is 47.5 Å². The summed E-state index contributed by atoms with van der Waals surface area (Å²) in [4.78, 5) is 0. The summed E-state index contributed by atoms with van der Waals surface area (Å²) in [6.45, 7) is 10.6. The summed E-state index contributed by atoms with van der Waals surface area (Å²) < 4.78 is 0. The molecule has 2 unspecified atom stereocenters. The zero-order chi connectivity index (χ0) is 15.1. The fourth-order valence-corrected chi connectivity index (χ4v) is 2.96. The molecule has 5 heteroatoms. The van der Waals surface area contributed by atoms with Crippen LogP contribution < -0.4 is 5.32 Å². The molecular formula is C14H32N2O3. The first kappa shape index (κ1) is 18.8.